The molecule has 2 atom stereocenters. The van der Waals surface area contributed by atoms with Crippen molar-refractivity contribution in [1.29, 1.82) is 0 Å². The Balaban J connectivity index is 3.13. The van der Waals surface area contributed by atoms with E-state index in [0.717, 1.165) is 29.0 Å². The van der Waals surface area contributed by atoms with Crippen molar-refractivity contribution in [2.45, 2.75) is 32.4 Å². The predicted molar refractivity (Wildman–Crippen MR) is 69.5 cm³/mol. The zero-order valence-corrected chi connectivity index (χ0v) is 11.0. The van der Waals surface area contributed by atoms with Gasteiger partial charge in [-0.2, -0.15) is 0 Å². The van der Waals surface area contributed by atoms with Gasteiger partial charge in [0.15, 0.2) is 0 Å². The van der Waals surface area contributed by atoms with E-state index in [4.69, 9.17) is 20.9 Å². The number of hydrogen-bond donors (Lipinski definition) is 2. The minimum atomic E-state index is -0.115. The number of hydrogen-bond acceptors (Lipinski definition) is 4. The van der Waals surface area contributed by atoms with E-state index in [1.54, 1.807) is 14.2 Å². The summed E-state index contributed by atoms with van der Waals surface area (Å²) in [6.45, 7) is 3.95. The Hall–Kier alpha value is -1.26. The van der Waals surface area contributed by atoms with Crippen LogP contribution in [0.4, 0.5) is 0 Å². The Bertz CT molecular complexity index is 378. The normalized spacial score (nSPS) is 14.2. The highest BCUT2D eigenvalue weighted by atomic mass is 16.5. The first-order valence-electron chi connectivity index (χ1n) is 5.73. The summed E-state index contributed by atoms with van der Waals surface area (Å²) in [6.07, 6.45) is 0.726. The van der Waals surface area contributed by atoms with Crippen molar-refractivity contribution in [3.63, 3.8) is 0 Å². The number of benzene rings is 1. The van der Waals surface area contributed by atoms with Gasteiger partial charge in [0, 0.05) is 23.7 Å². The number of ether oxygens (including phenoxy) is 2. The molecule has 2 unspecified atom stereocenters. The molecule has 17 heavy (non-hydrogen) atoms. The number of aryl methyl sites for hydroxylation is 1. The number of methoxy groups -OCH3 is 2. The lowest BCUT2D eigenvalue weighted by atomic mass is 9.95. The van der Waals surface area contributed by atoms with Crippen LogP contribution < -0.4 is 20.9 Å². The molecule has 0 heterocycles. The fourth-order valence-corrected chi connectivity index (χ4v) is 2.01. The van der Waals surface area contributed by atoms with E-state index in [1.807, 2.05) is 26.0 Å². The molecule has 0 aromatic heterocycles. The summed E-state index contributed by atoms with van der Waals surface area (Å²) < 4.78 is 10.6. The van der Waals surface area contributed by atoms with Gasteiger partial charge in [-0.25, -0.2) is 0 Å². The Morgan fingerprint density at radius 3 is 2.29 bits per heavy atom. The van der Waals surface area contributed by atoms with Gasteiger partial charge >= 0.3 is 0 Å². The van der Waals surface area contributed by atoms with E-state index in [1.165, 1.54) is 0 Å². The van der Waals surface area contributed by atoms with Gasteiger partial charge < -0.3 is 20.9 Å². The third-order valence-corrected chi connectivity index (χ3v) is 2.77. The summed E-state index contributed by atoms with van der Waals surface area (Å²) in [4.78, 5) is 0. The smallest absolute Gasteiger partial charge is 0.127 e. The maximum atomic E-state index is 6.16. The first-order chi connectivity index (χ1) is 7.99. The average molecular weight is 238 g/mol. The summed E-state index contributed by atoms with van der Waals surface area (Å²) in [5.41, 5.74) is 14.0. The lowest BCUT2D eigenvalue weighted by Crippen LogP contribution is -2.24. The van der Waals surface area contributed by atoms with Crippen LogP contribution in [0, 0.1) is 6.92 Å². The molecule has 0 fully saturated rings. The van der Waals surface area contributed by atoms with Crippen LogP contribution in [-0.4, -0.2) is 20.3 Å². The Labute approximate surface area is 103 Å². The molecule has 0 amide bonds. The van der Waals surface area contributed by atoms with Crippen LogP contribution in [-0.2, 0) is 0 Å². The number of rotatable bonds is 5. The van der Waals surface area contributed by atoms with Crippen LogP contribution in [0.15, 0.2) is 12.1 Å². The third kappa shape index (κ3) is 3.35. The first-order valence-corrected chi connectivity index (χ1v) is 5.73. The van der Waals surface area contributed by atoms with Crippen molar-refractivity contribution in [3.05, 3.63) is 23.3 Å². The third-order valence-electron chi connectivity index (χ3n) is 2.77. The van der Waals surface area contributed by atoms with Gasteiger partial charge in [0.25, 0.3) is 0 Å². The highest BCUT2D eigenvalue weighted by molar-refractivity contribution is 5.47. The molecule has 0 bridgehead atoms. The van der Waals surface area contributed by atoms with Gasteiger partial charge in [-0.1, -0.05) is 0 Å². The molecule has 1 aromatic carbocycles. The fraction of sp³-hybridized carbons (Fsp3) is 0.538. The van der Waals surface area contributed by atoms with Crippen LogP contribution in [0.5, 0.6) is 11.5 Å². The van der Waals surface area contributed by atoms with Gasteiger partial charge in [0.1, 0.15) is 11.5 Å². The monoisotopic (exact) mass is 238 g/mol. The summed E-state index contributed by atoms with van der Waals surface area (Å²) in [6, 6.07) is 3.76. The van der Waals surface area contributed by atoms with Crippen LogP contribution in [0.25, 0.3) is 0 Å². The summed E-state index contributed by atoms with van der Waals surface area (Å²) >= 11 is 0. The van der Waals surface area contributed by atoms with Crippen LogP contribution in [0.1, 0.15) is 30.5 Å². The van der Waals surface area contributed by atoms with Crippen LogP contribution in [0.2, 0.25) is 0 Å². The van der Waals surface area contributed by atoms with Crippen molar-refractivity contribution < 1.29 is 9.47 Å². The van der Waals surface area contributed by atoms with Gasteiger partial charge in [-0.05, 0) is 31.9 Å². The molecular formula is C13H22N2O2. The molecule has 0 saturated heterocycles. The molecule has 0 aliphatic carbocycles. The van der Waals surface area contributed by atoms with E-state index >= 15 is 0 Å². The molecule has 1 rings (SSSR count). The van der Waals surface area contributed by atoms with Crippen molar-refractivity contribution >= 4 is 0 Å². The second-order valence-electron chi connectivity index (χ2n) is 4.38. The standard InChI is InChI=1S/C13H22N2O2/c1-8-5-10(16-3)7-12(17-4)13(8)11(15)6-9(2)14/h5,7,9,11H,6,14-15H2,1-4H3. The lowest BCUT2D eigenvalue weighted by molar-refractivity contribution is 0.385. The molecule has 4 nitrogen and oxygen atoms in total. The second-order valence-corrected chi connectivity index (χ2v) is 4.38. The van der Waals surface area contributed by atoms with Crippen molar-refractivity contribution in [1.82, 2.24) is 0 Å². The molecule has 0 aliphatic rings. The predicted octanol–water partition coefficient (Wildman–Crippen LogP) is 1.75. The molecule has 0 radical (unpaired) electrons. The van der Waals surface area contributed by atoms with Gasteiger partial charge in [-0.15, -0.1) is 0 Å². The minimum Gasteiger partial charge on any atom is -0.497 e. The van der Waals surface area contributed by atoms with Crippen LogP contribution in [0.3, 0.4) is 0 Å². The summed E-state index contributed by atoms with van der Waals surface area (Å²) in [7, 11) is 3.27. The van der Waals surface area contributed by atoms with E-state index in [0.29, 0.717) is 0 Å². The Kier molecular flexibility index (Phi) is 4.78. The maximum absolute atomic E-state index is 6.16. The minimum absolute atomic E-state index is 0.0659. The number of nitrogens with two attached hydrogens (primary N) is 2. The molecule has 1 aromatic rings. The first kappa shape index (κ1) is 13.8. The topological polar surface area (TPSA) is 70.5 Å². The largest absolute Gasteiger partial charge is 0.497 e. The highest BCUT2D eigenvalue weighted by Gasteiger charge is 2.17. The fourth-order valence-electron chi connectivity index (χ4n) is 2.01. The summed E-state index contributed by atoms with van der Waals surface area (Å²) in [5.74, 6) is 1.53. The SMILES string of the molecule is COc1cc(C)c(C(N)CC(C)N)c(OC)c1. The Morgan fingerprint density at radius 1 is 1.18 bits per heavy atom. The van der Waals surface area contributed by atoms with Gasteiger partial charge in [0.2, 0.25) is 0 Å². The quantitative estimate of drug-likeness (QED) is 0.820. The van der Waals surface area contributed by atoms with Gasteiger partial charge in [0.05, 0.1) is 14.2 Å². The molecule has 4 N–H and O–H groups in total. The molecule has 0 spiro atoms. The van der Waals surface area contributed by atoms with E-state index < -0.39 is 0 Å². The zero-order chi connectivity index (χ0) is 13.0. The molecular weight excluding hydrogens is 216 g/mol. The lowest BCUT2D eigenvalue weighted by Gasteiger charge is -2.20. The molecule has 96 valence electrons. The molecule has 0 aliphatic heterocycles. The van der Waals surface area contributed by atoms with Crippen molar-refractivity contribution in [2.24, 2.45) is 11.5 Å². The highest BCUT2D eigenvalue weighted by Crippen LogP contribution is 2.33. The average Bonchev–Trinajstić information content (AvgIpc) is 2.26. The zero-order valence-electron chi connectivity index (χ0n) is 11.0. The van der Waals surface area contributed by atoms with E-state index in [9.17, 15) is 0 Å². The van der Waals surface area contributed by atoms with Crippen molar-refractivity contribution in [3.8, 4) is 11.5 Å². The molecule has 0 saturated carbocycles. The van der Waals surface area contributed by atoms with Crippen LogP contribution >= 0.6 is 0 Å². The summed E-state index contributed by atoms with van der Waals surface area (Å²) in [5, 5.41) is 0. The molecule has 4 heteroatoms. The Morgan fingerprint density at radius 2 is 1.82 bits per heavy atom. The van der Waals surface area contributed by atoms with Crippen molar-refractivity contribution in [2.75, 3.05) is 14.2 Å². The second kappa shape index (κ2) is 5.89. The van der Waals surface area contributed by atoms with E-state index in [2.05, 4.69) is 0 Å². The maximum Gasteiger partial charge on any atom is 0.127 e. The van der Waals surface area contributed by atoms with E-state index in [-0.39, 0.29) is 12.1 Å². The van der Waals surface area contributed by atoms with Gasteiger partial charge in [-0.3, -0.25) is 0 Å².